The van der Waals surface area contributed by atoms with Gasteiger partial charge in [-0.15, -0.1) is 0 Å². The van der Waals surface area contributed by atoms with Crippen LogP contribution in [0.4, 0.5) is 15.9 Å². The van der Waals surface area contributed by atoms with Crippen molar-refractivity contribution in [3.05, 3.63) is 68.2 Å². The van der Waals surface area contributed by atoms with Crippen molar-refractivity contribution in [3.8, 4) is 0 Å². The monoisotopic (exact) mass is 576 g/mol. The number of benzene rings is 1. The summed E-state index contributed by atoms with van der Waals surface area (Å²) in [5.41, 5.74) is 3.63. The van der Waals surface area contributed by atoms with E-state index in [0.29, 0.717) is 28.9 Å². The zero-order valence-corrected chi connectivity index (χ0v) is 19.9. The second kappa shape index (κ2) is 8.57. The second-order valence-corrected chi connectivity index (χ2v) is 8.80. The standard InChI is InChI=1S/C14H9BrFN5.C6H3BrClN3/c15-9-5-18-13-12(9)14(20-6-19-13)21-11-2-8-4-17-3-7(8)1-10(11)16;7-3-1-9-6-4(3)5(8)10-2-11-6/h1-2,4-6H,3H2,(H2,18,19,20,21);1-2H,(H,9,10,11). The van der Waals surface area contributed by atoms with Crippen molar-refractivity contribution in [2.24, 2.45) is 4.99 Å². The van der Waals surface area contributed by atoms with Gasteiger partial charge in [-0.05, 0) is 55.1 Å². The Labute approximate surface area is 202 Å². The van der Waals surface area contributed by atoms with Crippen LogP contribution >= 0.6 is 43.5 Å². The Bertz CT molecular complexity index is 1500. The van der Waals surface area contributed by atoms with Crippen molar-refractivity contribution < 1.29 is 4.39 Å². The Kier molecular flexibility index (Phi) is 5.62. The smallest absolute Gasteiger partial charge is 0.147 e. The minimum atomic E-state index is -0.322. The Morgan fingerprint density at radius 1 is 0.938 bits per heavy atom. The molecule has 3 N–H and O–H groups in total. The van der Waals surface area contributed by atoms with Crippen LogP contribution in [-0.4, -0.2) is 36.1 Å². The number of hydrogen-bond donors (Lipinski definition) is 3. The third kappa shape index (κ3) is 3.87. The van der Waals surface area contributed by atoms with E-state index in [1.165, 1.54) is 18.7 Å². The van der Waals surface area contributed by atoms with Crippen molar-refractivity contribution in [1.29, 1.82) is 0 Å². The van der Waals surface area contributed by atoms with Crippen LogP contribution in [-0.2, 0) is 6.54 Å². The van der Waals surface area contributed by atoms with Gasteiger partial charge in [0.2, 0.25) is 0 Å². The van der Waals surface area contributed by atoms with E-state index >= 15 is 0 Å². The van der Waals surface area contributed by atoms with Gasteiger partial charge in [0.05, 0.1) is 23.0 Å². The summed E-state index contributed by atoms with van der Waals surface area (Å²) in [7, 11) is 0. The predicted molar refractivity (Wildman–Crippen MR) is 129 cm³/mol. The van der Waals surface area contributed by atoms with Crippen LogP contribution < -0.4 is 5.32 Å². The van der Waals surface area contributed by atoms with E-state index in [-0.39, 0.29) is 5.82 Å². The summed E-state index contributed by atoms with van der Waals surface area (Å²) in [5.74, 6) is 0.222. The van der Waals surface area contributed by atoms with E-state index in [0.717, 1.165) is 36.5 Å². The largest absolute Gasteiger partial charge is 0.345 e. The fourth-order valence-electron chi connectivity index (χ4n) is 3.26. The molecule has 32 heavy (non-hydrogen) atoms. The van der Waals surface area contributed by atoms with Crippen LogP contribution in [0.1, 0.15) is 11.1 Å². The zero-order valence-electron chi connectivity index (χ0n) is 16.0. The molecule has 1 aromatic carbocycles. The minimum Gasteiger partial charge on any atom is -0.345 e. The summed E-state index contributed by atoms with van der Waals surface area (Å²) in [6.45, 7) is 0.535. The highest BCUT2D eigenvalue weighted by atomic mass is 79.9. The number of rotatable bonds is 2. The molecule has 0 saturated heterocycles. The van der Waals surface area contributed by atoms with E-state index in [1.807, 2.05) is 0 Å². The summed E-state index contributed by atoms with van der Waals surface area (Å²) in [5, 5.41) is 5.11. The molecule has 5 heterocycles. The molecule has 0 fully saturated rings. The van der Waals surface area contributed by atoms with Gasteiger partial charge in [0.1, 0.15) is 40.7 Å². The molecule has 0 bridgehead atoms. The highest BCUT2D eigenvalue weighted by Crippen LogP contribution is 2.31. The molecule has 0 amide bonds. The zero-order chi connectivity index (χ0) is 22.2. The van der Waals surface area contributed by atoms with Crippen LogP contribution in [0, 0.1) is 5.82 Å². The molecular formula is C20H12Br2ClFN8. The molecule has 5 aromatic rings. The SMILES string of the molecule is Clc1ncnc2[nH]cc(Br)c12.Fc1cc2c(cc1Nc1ncnc3[nH]cc(Br)c13)C=NC2. The van der Waals surface area contributed by atoms with Crippen molar-refractivity contribution in [2.75, 3.05) is 5.32 Å². The molecule has 0 saturated carbocycles. The number of nitrogens with zero attached hydrogens (tertiary/aromatic N) is 5. The molecular weight excluding hydrogens is 567 g/mol. The van der Waals surface area contributed by atoms with Gasteiger partial charge in [0, 0.05) is 27.6 Å². The van der Waals surface area contributed by atoms with Gasteiger partial charge in [-0.1, -0.05) is 11.6 Å². The lowest BCUT2D eigenvalue weighted by atomic mass is 10.1. The summed E-state index contributed by atoms with van der Waals surface area (Å²) in [4.78, 5) is 26.3. The molecule has 4 aromatic heterocycles. The molecule has 0 aliphatic carbocycles. The van der Waals surface area contributed by atoms with E-state index in [2.05, 4.69) is 72.1 Å². The van der Waals surface area contributed by atoms with Gasteiger partial charge < -0.3 is 15.3 Å². The average molecular weight is 579 g/mol. The van der Waals surface area contributed by atoms with Crippen LogP contribution in [0.3, 0.4) is 0 Å². The third-order valence-electron chi connectivity index (χ3n) is 4.77. The highest BCUT2D eigenvalue weighted by Gasteiger charge is 2.15. The van der Waals surface area contributed by atoms with Crippen LogP contribution in [0.25, 0.3) is 22.1 Å². The fourth-order valence-corrected chi connectivity index (χ4v) is 4.59. The lowest BCUT2D eigenvalue weighted by Crippen LogP contribution is -2.00. The van der Waals surface area contributed by atoms with Gasteiger partial charge in [-0.25, -0.2) is 24.3 Å². The van der Waals surface area contributed by atoms with Crippen molar-refractivity contribution >= 4 is 83.2 Å². The number of fused-ring (bicyclic) bond motifs is 3. The first-order valence-corrected chi connectivity index (χ1v) is 11.2. The Morgan fingerprint density at radius 2 is 1.62 bits per heavy atom. The lowest BCUT2D eigenvalue weighted by molar-refractivity contribution is 0.630. The van der Waals surface area contributed by atoms with E-state index in [1.54, 1.807) is 24.7 Å². The summed E-state index contributed by atoms with van der Waals surface area (Å²) < 4.78 is 15.9. The van der Waals surface area contributed by atoms with E-state index < -0.39 is 0 Å². The summed E-state index contributed by atoms with van der Waals surface area (Å²) in [6.07, 6.45) is 8.16. The van der Waals surface area contributed by atoms with Gasteiger partial charge in [0.15, 0.2) is 0 Å². The van der Waals surface area contributed by atoms with Crippen LogP contribution in [0.2, 0.25) is 5.15 Å². The topological polar surface area (TPSA) is 108 Å². The van der Waals surface area contributed by atoms with Crippen molar-refractivity contribution in [1.82, 2.24) is 29.9 Å². The number of nitrogens with one attached hydrogen (secondary N) is 3. The molecule has 0 atom stereocenters. The lowest BCUT2D eigenvalue weighted by Gasteiger charge is -2.09. The molecule has 8 nitrogen and oxygen atoms in total. The van der Waals surface area contributed by atoms with Gasteiger partial charge in [-0.3, -0.25) is 4.99 Å². The van der Waals surface area contributed by atoms with E-state index in [4.69, 9.17) is 11.6 Å². The maximum absolute atomic E-state index is 14.2. The Morgan fingerprint density at radius 3 is 2.38 bits per heavy atom. The summed E-state index contributed by atoms with van der Waals surface area (Å²) >= 11 is 12.6. The first-order valence-electron chi connectivity index (χ1n) is 9.21. The molecule has 12 heteroatoms. The first-order chi connectivity index (χ1) is 15.5. The predicted octanol–water partition coefficient (Wildman–Crippen LogP) is 5.91. The minimum absolute atomic E-state index is 0.322. The van der Waals surface area contributed by atoms with Gasteiger partial charge in [-0.2, -0.15) is 0 Å². The highest BCUT2D eigenvalue weighted by molar-refractivity contribution is 9.11. The normalized spacial score (nSPS) is 12.1. The number of aromatic amines is 2. The van der Waals surface area contributed by atoms with Crippen molar-refractivity contribution in [3.63, 3.8) is 0 Å². The maximum atomic E-state index is 14.2. The number of halogens is 4. The Balaban J connectivity index is 0.000000165. The molecule has 160 valence electrons. The van der Waals surface area contributed by atoms with Crippen LogP contribution in [0.5, 0.6) is 0 Å². The number of anilines is 2. The fraction of sp³-hybridized carbons (Fsp3) is 0.0500. The molecule has 6 rings (SSSR count). The number of hydrogen-bond acceptors (Lipinski definition) is 6. The summed E-state index contributed by atoms with van der Waals surface area (Å²) in [6, 6.07) is 3.25. The Hall–Kier alpha value is -2.89. The molecule has 0 radical (unpaired) electrons. The van der Waals surface area contributed by atoms with Gasteiger partial charge >= 0.3 is 0 Å². The number of aliphatic imine (C=N–C) groups is 1. The first kappa shape index (κ1) is 21.0. The van der Waals surface area contributed by atoms with Crippen molar-refractivity contribution in [2.45, 2.75) is 6.54 Å². The third-order valence-corrected chi connectivity index (χ3v) is 6.31. The van der Waals surface area contributed by atoms with E-state index in [9.17, 15) is 4.39 Å². The number of aromatic nitrogens is 6. The average Bonchev–Trinajstić information content (AvgIpc) is 3.49. The molecule has 1 aliphatic heterocycles. The number of H-pyrrole nitrogens is 2. The van der Waals surface area contributed by atoms with Crippen LogP contribution in [0.15, 0.2) is 51.1 Å². The molecule has 0 unspecified atom stereocenters. The second-order valence-electron chi connectivity index (χ2n) is 6.73. The molecule has 1 aliphatic rings. The van der Waals surface area contributed by atoms with Gasteiger partial charge in [0.25, 0.3) is 0 Å². The maximum Gasteiger partial charge on any atom is 0.147 e. The molecule has 0 spiro atoms. The quantitative estimate of drug-likeness (QED) is 0.226.